The summed E-state index contributed by atoms with van der Waals surface area (Å²) in [5.41, 5.74) is 0. The van der Waals surface area contributed by atoms with Gasteiger partial charge in [0.1, 0.15) is 4.90 Å². The van der Waals surface area contributed by atoms with Crippen molar-refractivity contribution in [2.75, 3.05) is 26.2 Å². The second kappa shape index (κ2) is 6.69. The van der Waals surface area contributed by atoms with Gasteiger partial charge < -0.3 is 5.32 Å². The Labute approximate surface area is 121 Å². The average molecular weight is 300 g/mol. The lowest BCUT2D eigenvalue weighted by Crippen LogP contribution is -2.28. The molecule has 0 saturated carbocycles. The van der Waals surface area contributed by atoms with Gasteiger partial charge in [-0.15, -0.1) is 0 Å². The highest BCUT2D eigenvalue weighted by molar-refractivity contribution is 7.89. The first kappa shape index (κ1) is 15.5. The van der Waals surface area contributed by atoms with E-state index < -0.39 is 10.0 Å². The Hall–Kier alpha value is -0.920. The smallest absolute Gasteiger partial charge is 0.246 e. The molecule has 20 heavy (non-hydrogen) atoms. The molecule has 6 nitrogen and oxygen atoms in total. The van der Waals surface area contributed by atoms with Crippen LogP contribution >= 0.6 is 0 Å². The molecule has 2 rings (SSSR count). The van der Waals surface area contributed by atoms with Crippen LogP contribution in [0, 0.1) is 5.92 Å². The first-order valence-electron chi connectivity index (χ1n) is 7.27. The minimum atomic E-state index is -3.36. The number of aromatic nitrogens is 2. The second-order valence-corrected chi connectivity index (χ2v) is 7.38. The van der Waals surface area contributed by atoms with Crippen LogP contribution in [0.2, 0.25) is 0 Å². The molecule has 0 amide bonds. The number of sulfonamides is 1. The Bertz CT molecular complexity index is 526. The molecule has 1 atom stereocenters. The fourth-order valence-electron chi connectivity index (χ4n) is 2.36. The minimum absolute atomic E-state index is 0.307. The van der Waals surface area contributed by atoms with Gasteiger partial charge in [-0.05, 0) is 25.3 Å². The van der Waals surface area contributed by atoms with E-state index in [1.807, 2.05) is 0 Å². The minimum Gasteiger partial charge on any atom is -0.315 e. The molecule has 114 valence electrons. The largest absolute Gasteiger partial charge is 0.315 e. The zero-order valence-electron chi connectivity index (χ0n) is 12.2. The Morgan fingerprint density at radius 1 is 1.45 bits per heavy atom. The van der Waals surface area contributed by atoms with Crippen LogP contribution in [0.15, 0.2) is 17.3 Å². The molecule has 1 aromatic heterocycles. The van der Waals surface area contributed by atoms with Crippen molar-refractivity contribution in [1.29, 1.82) is 0 Å². The predicted octanol–water partition coefficient (Wildman–Crippen LogP) is 0.913. The number of nitrogens with one attached hydrogen (secondary N) is 1. The van der Waals surface area contributed by atoms with Gasteiger partial charge in [-0.3, -0.25) is 4.68 Å². The van der Waals surface area contributed by atoms with E-state index in [0.29, 0.717) is 30.4 Å². The summed E-state index contributed by atoms with van der Waals surface area (Å²) in [6, 6.07) is 0. The molecule has 1 saturated heterocycles. The topological polar surface area (TPSA) is 67.2 Å². The second-order valence-electron chi connectivity index (χ2n) is 5.45. The van der Waals surface area contributed by atoms with Crippen molar-refractivity contribution in [2.24, 2.45) is 5.92 Å². The van der Waals surface area contributed by atoms with Gasteiger partial charge in [0.2, 0.25) is 10.0 Å². The summed E-state index contributed by atoms with van der Waals surface area (Å²) in [5.74, 6) is 0.443. The number of hydrogen-bond donors (Lipinski definition) is 1. The van der Waals surface area contributed by atoms with E-state index in [4.69, 9.17) is 0 Å². The zero-order valence-corrected chi connectivity index (χ0v) is 13.1. The number of hydrogen-bond acceptors (Lipinski definition) is 4. The van der Waals surface area contributed by atoms with Crippen LogP contribution in [0.5, 0.6) is 0 Å². The van der Waals surface area contributed by atoms with Crippen LogP contribution in [-0.2, 0) is 16.6 Å². The molecular weight excluding hydrogens is 276 g/mol. The lowest BCUT2D eigenvalue weighted by molar-refractivity contribution is 0.464. The highest BCUT2D eigenvalue weighted by Gasteiger charge is 2.31. The zero-order chi connectivity index (χ0) is 14.6. The third-order valence-corrected chi connectivity index (χ3v) is 5.40. The quantitative estimate of drug-likeness (QED) is 0.760. The molecule has 0 spiro atoms. The Morgan fingerprint density at radius 3 is 2.90 bits per heavy atom. The van der Waals surface area contributed by atoms with Crippen LogP contribution in [0.1, 0.15) is 26.7 Å². The van der Waals surface area contributed by atoms with Crippen molar-refractivity contribution in [1.82, 2.24) is 19.4 Å². The maximum absolute atomic E-state index is 12.4. The van der Waals surface area contributed by atoms with Crippen molar-refractivity contribution in [3.8, 4) is 0 Å². The Kier molecular flexibility index (Phi) is 5.17. The van der Waals surface area contributed by atoms with Gasteiger partial charge in [-0.25, -0.2) is 8.42 Å². The summed E-state index contributed by atoms with van der Waals surface area (Å²) < 4.78 is 28.1. The molecule has 1 aliphatic heterocycles. The molecule has 1 aromatic rings. The van der Waals surface area contributed by atoms with Crippen molar-refractivity contribution in [3.05, 3.63) is 12.4 Å². The molecule has 1 aliphatic rings. The summed E-state index contributed by atoms with van der Waals surface area (Å²) in [6.07, 6.45) is 5.12. The van der Waals surface area contributed by atoms with Gasteiger partial charge in [-0.1, -0.05) is 13.8 Å². The lowest BCUT2D eigenvalue weighted by Gasteiger charge is -2.14. The molecule has 1 fully saturated rings. The first-order chi connectivity index (χ1) is 9.54. The number of rotatable bonds is 7. The molecule has 1 unspecified atom stereocenters. The molecule has 7 heteroatoms. The van der Waals surface area contributed by atoms with Crippen LogP contribution in [0.25, 0.3) is 0 Å². The molecule has 1 N–H and O–H groups in total. The third-order valence-electron chi connectivity index (χ3n) is 3.58. The van der Waals surface area contributed by atoms with Gasteiger partial charge in [-0.2, -0.15) is 9.40 Å². The van der Waals surface area contributed by atoms with Crippen molar-refractivity contribution >= 4 is 10.0 Å². The first-order valence-corrected chi connectivity index (χ1v) is 8.71. The Morgan fingerprint density at radius 2 is 2.25 bits per heavy atom. The van der Waals surface area contributed by atoms with Crippen LogP contribution in [0.3, 0.4) is 0 Å². The molecular formula is C13H24N4O2S. The molecule has 0 aliphatic carbocycles. The van der Waals surface area contributed by atoms with Crippen molar-refractivity contribution < 1.29 is 8.42 Å². The fraction of sp³-hybridized carbons (Fsp3) is 0.769. The van der Waals surface area contributed by atoms with Gasteiger partial charge in [0.15, 0.2) is 0 Å². The lowest BCUT2D eigenvalue weighted by atomic mass is 10.2. The van der Waals surface area contributed by atoms with Crippen molar-refractivity contribution in [2.45, 2.75) is 38.1 Å². The maximum atomic E-state index is 12.4. The highest BCUT2D eigenvalue weighted by Crippen LogP contribution is 2.23. The standard InChI is InChI=1S/C13H24N4O2S/c1-3-5-14-6-8-16-11-13(9-15-16)20(18,19)17-7-4-12(2)10-17/h9,11-12,14H,3-8,10H2,1-2H3. The van der Waals surface area contributed by atoms with E-state index in [-0.39, 0.29) is 0 Å². The summed E-state index contributed by atoms with van der Waals surface area (Å²) >= 11 is 0. The highest BCUT2D eigenvalue weighted by atomic mass is 32.2. The normalized spacial score (nSPS) is 20.6. The summed E-state index contributed by atoms with van der Waals surface area (Å²) in [5, 5.41) is 7.41. The van der Waals surface area contributed by atoms with E-state index in [2.05, 4.69) is 24.3 Å². The molecule has 0 bridgehead atoms. The van der Waals surface area contributed by atoms with E-state index in [9.17, 15) is 8.42 Å². The van der Waals surface area contributed by atoms with Crippen LogP contribution < -0.4 is 5.32 Å². The van der Waals surface area contributed by atoms with Crippen LogP contribution in [-0.4, -0.2) is 48.7 Å². The van der Waals surface area contributed by atoms with Gasteiger partial charge in [0, 0.05) is 25.8 Å². The summed E-state index contributed by atoms with van der Waals surface area (Å²) in [6.45, 7) is 7.89. The SMILES string of the molecule is CCCNCCn1cc(S(=O)(=O)N2CCC(C)C2)cn1. The summed E-state index contributed by atoms with van der Waals surface area (Å²) in [7, 11) is -3.36. The van der Waals surface area contributed by atoms with Gasteiger partial charge >= 0.3 is 0 Å². The average Bonchev–Trinajstić information content (AvgIpc) is 3.04. The van der Waals surface area contributed by atoms with E-state index in [0.717, 1.165) is 25.9 Å². The fourth-order valence-corrected chi connectivity index (χ4v) is 3.89. The van der Waals surface area contributed by atoms with Gasteiger partial charge in [0.05, 0.1) is 12.7 Å². The predicted molar refractivity (Wildman–Crippen MR) is 77.9 cm³/mol. The van der Waals surface area contributed by atoms with Crippen LogP contribution in [0.4, 0.5) is 0 Å². The molecule has 0 aromatic carbocycles. The summed E-state index contributed by atoms with van der Waals surface area (Å²) in [4.78, 5) is 0.307. The van der Waals surface area contributed by atoms with E-state index in [1.165, 1.54) is 6.20 Å². The number of nitrogens with zero attached hydrogens (tertiary/aromatic N) is 3. The monoisotopic (exact) mass is 300 g/mol. The maximum Gasteiger partial charge on any atom is 0.246 e. The van der Waals surface area contributed by atoms with Gasteiger partial charge in [0.25, 0.3) is 0 Å². The van der Waals surface area contributed by atoms with Crippen molar-refractivity contribution in [3.63, 3.8) is 0 Å². The molecule has 2 heterocycles. The Balaban J connectivity index is 1.97. The van der Waals surface area contributed by atoms with E-state index in [1.54, 1.807) is 15.2 Å². The van der Waals surface area contributed by atoms with E-state index >= 15 is 0 Å². The third kappa shape index (κ3) is 3.59. The molecule has 0 radical (unpaired) electrons.